The number of carbonyl (C=O) groups excluding carboxylic acids is 1. The summed E-state index contributed by atoms with van der Waals surface area (Å²) in [7, 11) is 0. The van der Waals surface area contributed by atoms with Crippen molar-refractivity contribution in [1.29, 1.82) is 0 Å². The number of ether oxygens (including phenoxy) is 1. The Kier molecular flexibility index (Phi) is 1.70. The van der Waals surface area contributed by atoms with E-state index >= 15 is 0 Å². The summed E-state index contributed by atoms with van der Waals surface area (Å²) in [5, 5.41) is 2.54. The van der Waals surface area contributed by atoms with Crippen LogP contribution >= 0.6 is 11.6 Å². The molecule has 1 heterocycles. The van der Waals surface area contributed by atoms with E-state index in [-0.39, 0.29) is 5.91 Å². The first-order chi connectivity index (χ1) is 3.80. The van der Waals surface area contributed by atoms with Crippen molar-refractivity contribution in [2.24, 2.45) is 0 Å². The highest BCUT2D eigenvalue weighted by Gasteiger charge is 2.18. The van der Waals surface area contributed by atoms with Crippen LogP contribution in [0.3, 0.4) is 0 Å². The van der Waals surface area contributed by atoms with Gasteiger partial charge in [0.2, 0.25) is 5.56 Å². The van der Waals surface area contributed by atoms with E-state index in [4.69, 9.17) is 16.3 Å². The van der Waals surface area contributed by atoms with Gasteiger partial charge in [-0.3, -0.25) is 4.79 Å². The molecule has 1 saturated heterocycles. The minimum absolute atomic E-state index is 0.238. The average Bonchev–Trinajstić information content (AvgIpc) is 1.77. The van der Waals surface area contributed by atoms with Gasteiger partial charge in [0.25, 0.3) is 5.91 Å². The van der Waals surface area contributed by atoms with Crippen molar-refractivity contribution in [3.63, 3.8) is 0 Å². The minimum Gasteiger partial charge on any atom is -0.352 e. The molecule has 46 valence electrons. The number of hydrogen-bond acceptors (Lipinski definition) is 2. The molecule has 3 nitrogen and oxygen atoms in total. The van der Waals surface area contributed by atoms with E-state index in [1.54, 1.807) is 0 Å². The van der Waals surface area contributed by atoms with Crippen molar-refractivity contribution in [2.75, 3.05) is 13.2 Å². The van der Waals surface area contributed by atoms with Gasteiger partial charge in [0, 0.05) is 6.54 Å². The van der Waals surface area contributed by atoms with Crippen LogP contribution in [0.15, 0.2) is 0 Å². The summed E-state index contributed by atoms with van der Waals surface area (Å²) in [6.45, 7) is 1.09. The molecule has 1 rings (SSSR count). The van der Waals surface area contributed by atoms with E-state index in [0.717, 1.165) is 0 Å². The van der Waals surface area contributed by atoms with Crippen LogP contribution in [-0.4, -0.2) is 24.6 Å². The molecule has 0 saturated carbocycles. The van der Waals surface area contributed by atoms with Gasteiger partial charge in [0.1, 0.15) is 0 Å². The van der Waals surface area contributed by atoms with E-state index in [9.17, 15) is 4.79 Å². The van der Waals surface area contributed by atoms with Gasteiger partial charge in [-0.15, -0.1) is 0 Å². The fraction of sp³-hybridized carbons (Fsp3) is 0.750. The van der Waals surface area contributed by atoms with E-state index in [2.05, 4.69) is 5.32 Å². The molecule has 0 bridgehead atoms. The largest absolute Gasteiger partial charge is 0.352 e. The number of rotatable bonds is 0. The van der Waals surface area contributed by atoms with Gasteiger partial charge in [-0.2, -0.15) is 0 Å². The van der Waals surface area contributed by atoms with Gasteiger partial charge >= 0.3 is 0 Å². The second-order valence-electron chi connectivity index (χ2n) is 1.48. The lowest BCUT2D eigenvalue weighted by atomic mass is 10.5. The van der Waals surface area contributed by atoms with Crippen molar-refractivity contribution >= 4 is 17.5 Å². The molecule has 0 aromatic carbocycles. The first kappa shape index (κ1) is 5.85. The van der Waals surface area contributed by atoms with Crippen LogP contribution in [-0.2, 0) is 9.53 Å². The summed E-state index contributed by atoms with van der Waals surface area (Å²) >= 11 is 5.33. The number of carbonyl (C=O) groups is 1. The fourth-order valence-corrected chi connectivity index (χ4v) is 0.659. The van der Waals surface area contributed by atoms with Gasteiger partial charge in [-0.05, 0) is 0 Å². The van der Waals surface area contributed by atoms with Crippen LogP contribution < -0.4 is 5.32 Å². The molecule has 8 heavy (non-hydrogen) atoms. The van der Waals surface area contributed by atoms with Crippen molar-refractivity contribution in [2.45, 2.75) is 5.56 Å². The Morgan fingerprint density at radius 2 is 2.62 bits per heavy atom. The summed E-state index contributed by atoms with van der Waals surface area (Å²) in [5.41, 5.74) is -0.774. The average molecular weight is 136 g/mol. The predicted molar refractivity (Wildman–Crippen MR) is 28.6 cm³/mol. The maximum Gasteiger partial charge on any atom is 0.264 e. The molecule has 1 amide bonds. The Morgan fingerprint density at radius 3 is 3.00 bits per heavy atom. The molecule has 1 aliphatic rings. The summed E-state index contributed by atoms with van der Waals surface area (Å²) in [4.78, 5) is 10.4. The number of morpholine rings is 1. The molecule has 0 radical (unpaired) electrons. The van der Waals surface area contributed by atoms with Crippen molar-refractivity contribution in [3.8, 4) is 0 Å². The first-order valence-corrected chi connectivity index (χ1v) is 2.78. The smallest absolute Gasteiger partial charge is 0.264 e. The molecular formula is C4H6ClNO2. The lowest BCUT2D eigenvalue weighted by molar-refractivity contribution is -0.131. The Labute approximate surface area is 52.0 Å². The van der Waals surface area contributed by atoms with E-state index in [1.165, 1.54) is 0 Å². The van der Waals surface area contributed by atoms with Crippen molar-refractivity contribution < 1.29 is 9.53 Å². The predicted octanol–water partition coefficient (Wildman–Crippen LogP) is -0.302. The van der Waals surface area contributed by atoms with Crippen LogP contribution in [0.1, 0.15) is 0 Å². The molecule has 0 spiro atoms. The Balaban J connectivity index is 2.39. The van der Waals surface area contributed by atoms with Gasteiger partial charge in [0.15, 0.2) is 0 Å². The molecule has 1 atom stereocenters. The third-order valence-electron chi connectivity index (χ3n) is 0.872. The van der Waals surface area contributed by atoms with Crippen LogP contribution in [0.4, 0.5) is 0 Å². The highest BCUT2D eigenvalue weighted by Crippen LogP contribution is 2.00. The zero-order valence-corrected chi connectivity index (χ0v) is 4.94. The maximum atomic E-state index is 10.4. The number of nitrogens with one attached hydrogen (secondary N) is 1. The Bertz CT molecular complexity index is 106. The minimum atomic E-state index is -0.774. The summed E-state index contributed by atoms with van der Waals surface area (Å²) < 4.78 is 4.74. The molecule has 0 aromatic heterocycles. The lowest BCUT2D eigenvalue weighted by Crippen LogP contribution is -2.41. The number of alkyl halides is 1. The summed E-state index contributed by atoms with van der Waals surface area (Å²) in [6.07, 6.45) is 0. The van der Waals surface area contributed by atoms with Crippen LogP contribution in [0.25, 0.3) is 0 Å². The Hall–Kier alpha value is -0.280. The molecule has 0 aromatic rings. The van der Waals surface area contributed by atoms with Crippen LogP contribution in [0.2, 0.25) is 0 Å². The van der Waals surface area contributed by atoms with Crippen LogP contribution in [0.5, 0.6) is 0 Å². The van der Waals surface area contributed by atoms with E-state index in [0.29, 0.717) is 13.2 Å². The Morgan fingerprint density at radius 1 is 1.88 bits per heavy atom. The SMILES string of the molecule is O=C1NCCOC1Cl. The van der Waals surface area contributed by atoms with Gasteiger partial charge in [-0.25, -0.2) is 0 Å². The number of amides is 1. The highest BCUT2D eigenvalue weighted by atomic mass is 35.5. The normalized spacial score (nSPS) is 29.6. The molecule has 1 aliphatic heterocycles. The van der Waals surface area contributed by atoms with Crippen LogP contribution in [0, 0.1) is 0 Å². The van der Waals surface area contributed by atoms with Gasteiger partial charge < -0.3 is 10.1 Å². The zero-order chi connectivity index (χ0) is 5.98. The van der Waals surface area contributed by atoms with Gasteiger partial charge in [0.05, 0.1) is 6.61 Å². The molecule has 1 N–H and O–H groups in total. The van der Waals surface area contributed by atoms with Crippen molar-refractivity contribution in [3.05, 3.63) is 0 Å². The monoisotopic (exact) mass is 135 g/mol. The summed E-state index contributed by atoms with van der Waals surface area (Å²) in [5.74, 6) is -0.238. The maximum absolute atomic E-state index is 10.4. The number of hydrogen-bond donors (Lipinski definition) is 1. The number of halogens is 1. The summed E-state index contributed by atoms with van der Waals surface area (Å²) in [6, 6.07) is 0. The highest BCUT2D eigenvalue weighted by molar-refractivity contribution is 6.29. The quantitative estimate of drug-likeness (QED) is 0.463. The standard InChI is InChI=1S/C4H6ClNO2/c5-3-4(7)6-1-2-8-3/h3H,1-2H2,(H,6,7). The first-order valence-electron chi connectivity index (χ1n) is 2.34. The molecule has 4 heteroatoms. The molecule has 1 unspecified atom stereocenters. The zero-order valence-electron chi connectivity index (χ0n) is 4.19. The fourth-order valence-electron chi connectivity index (χ4n) is 0.493. The molecular weight excluding hydrogens is 130 g/mol. The molecule has 1 fully saturated rings. The van der Waals surface area contributed by atoms with Crippen molar-refractivity contribution in [1.82, 2.24) is 5.32 Å². The third kappa shape index (κ3) is 1.11. The van der Waals surface area contributed by atoms with Gasteiger partial charge in [-0.1, -0.05) is 11.6 Å². The molecule has 0 aliphatic carbocycles. The lowest BCUT2D eigenvalue weighted by Gasteiger charge is -2.16. The third-order valence-corrected chi connectivity index (χ3v) is 1.20. The van der Waals surface area contributed by atoms with E-state index < -0.39 is 5.56 Å². The second kappa shape index (κ2) is 2.33. The van der Waals surface area contributed by atoms with E-state index in [1.807, 2.05) is 0 Å². The topological polar surface area (TPSA) is 38.3 Å². The second-order valence-corrected chi connectivity index (χ2v) is 1.87.